The molecule has 1 saturated heterocycles. The van der Waals surface area contributed by atoms with Gasteiger partial charge in [0.2, 0.25) is 0 Å². The molecule has 0 aliphatic carbocycles. The number of hydrogen-bond donors (Lipinski definition) is 1. The summed E-state index contributed by atoms with van der Waals surface area (Å²) in [6.45, 7) is 7.06. The zero-order chi connectivity index (χ0) is 12.1. The molecule has 1 N–H and O–H groups in total. The van der Waals surface area contributed by atoms with Crippen LogP contribution in [0.3, 0.4) is 0 Å². The molecule has 17 heavy (non-hydrogen) atoms. The summed E-state index contributed by atoms with van der Waals surface area (Å²) in [5, 5.41) is 3.59. The highest BCUT2D eigenvalue weighted by Crippen LogP contribution is 2.16. The second kappa shape index (κ2) is 6.53. The van der Waals surface area contributed by atoms with Crippen molar-refractivity contribution in [2.45, 2.75) is 25.8 Å². The first-order chi connectivity index (χ1) is 8.25. The van der Waals surface area contributed by atoms with Gasteiger partial charge >= 0.3 is 0 Å². The van der Waals surface area contributed by atoms with Gasteiger partial charge < -0.3 is 10.2 Å². The summed E-state index contributed by atoms with van der Waals surface area (Å²) in [6.07, 6.45) is 2.75. The number of likely N-dealkylation sites (tertiary alicyclic amines) is 1. The Morgan fingerprint density at radius 3 is 2.53 bits per heavy atom. The predicted octanol–water partition coefficient (Wildman–Crippen LogP) is 3.20. The minimum atomic E-state index is 0.436. The average Bonchev–Trinajstić information content (AvgIpc) is 2.83. The highest BCUT2D eigenvalue weighted by atomic mass is 79.9. The van der Waals surface area contributed by atoms with Crippen LogP contribution >= 0.6 is 15.9 Å². The molecule has 2 nitrogen and oxygen atoms in total. The third-order valence-corrected chi connectivity index (χ3v) is 3.98. The van der Waals surface area contributed by atoms with Crippen molar-refractivity contribution in [3.05, 3.63) is 34.3 Å². The van der Waals surface area contributed by atoms with E-state index < -0.39 is 0 Å². The van der Waals surface area contributed by atoms with E-state index in [1.54, 1.807) is 0 Å². The van der Waals surface area contributed by atoms with Gasteiger partial charge in [-0.3, -0.25) is 0 Å². The molecule has 1 aliphatic rings. The number of halogens is 1. The lowest BCUT2D eigenvalue weighted by molar-refractivity contribution is 0.330. The van der Waals surface area contributed by atoms with Crippen LogP contribution in [0.15, 0.2) is 28.7 Å². The van der Waals surface area contributed by atoms with Crippen LogP contribution in [0.25, 0.3) is 0 Å². The van der Waals surface area contributed by atoms with E-state index in [2.05, 4.69) is 57.3 Å². The van der Waals surface area contributed by atoms with Crippen LogP contribution in [0.1, 0.15) is 31.4 Å². The highest BCUT2D eigenvalue weighted by molar-refractivity contribution is 9.10. The van der Waals surface area contributed by atoms with Crippen molar-refractivity contribution in [3.63, 3.8) is 0 Å². The Morgan fingerprint density at radius 1 is 1.24 bits per heavy atom. The van der Waals surface area contributed by atoms with Gasteiger partial charge in [-0.15, -0.1) is 0 Å². The fourth-order valence-corrected chi connectivity index (χ4v) is 2.58. The van der Waals surface area contributed by atoms with Crippen molar-refractivity contribution in [2.24, 2.45) is 0 Å². The van der Waals surface area contributed by atoms with Gasteiger partial charge in [0.05, 0.1) is 0 Å². The Balaban J connectivity index is 1.72. The van der Waals surface area contributed by atoms with E-state index in [1.165, 1.54) is 38.0 Å². The molecule has 0 amide bonds. The molecule has 3 heteroatoms. The van der Waals surface area contributed by atoms with Gasteiger partial charge in [0.25, 0.3) is 0 Å². The van der Waals surface area contributed by atoms with Crippen LogP contribution in [0.2, 0.25) is 0 Å². The van der Waals surface area contributed by atoms with E-state index in [0.29, 0.717) is 6.04 Å². The van der Waals surface area contributed by atoms with E-state index in [9.17, 15) is 0 Å². The SMILES string of the molecule is C[C@@H](NCCN1CCCC1)c1ccc(Br)cc1. The minimum absolute atomic E-state index is 0.436. The second-order valence-electron chi connectivity index (χ2n) is 4.78. The first-order valence-electron chi connectivity index (χ1n) is 6.47. The van der Waals surface area contributed by atoms with Crippen molar-refractivity contribution in [2.75, 3.05) is 26.2 Å². The lowest BCUT2D eigenvalue weighted by Crippen LogP contribution is -2.31. The third kappa shape index (κ3) is 4.09. The first kappa shape index (κ1) is 13.1. The Hall–Kier alpha value is -0.380. The normalized spacial score (nSPS) is 18.5. The summed E-state index contributed by atoms with van der Waals surface area (Å²) in [5.41, 5.74) is 1.36. The van der Waals surface area contributed by atoms with Crippen LogP contribution < -0.4 is 5.32 Å². The summed E-state index contributed by atoms with van der Waals surface area (Å²) in [7, 11) is 0. The molecule has 1 atom stereocenters. The largest absolute Gasteiger partial charge is 0.309 e. The summed E-state index contributed by atoms with van der Waals surface area (Å²) < 4.78 is 1.14. The van der Waals surface area contributed by atoms with Crippen LogP contribution in [0.5, 0.6) is 0 Å². The van der Waals surface area contributed by atoms with Gasteiger partial charge in [0, 0.05) is 23.6 Å². The number of benzene rings is 1. The minimum Gasteiger partial charge on any atom is -0.309 e. The fraction of sp³-hybridized carbons (Fsp3) is 0.571. The summed E-state index contributed by atoms with van der Waals surface area (Å²) in [6, 6.07) is 9.00. The van der Waals surface area contributed by atoms with E-state index in [0.717, 1.165) is 11.0 Å². The number of nitrogens with one attached hydrogen (secondary N) is 1. The summed E-state index contributed by atoms with van der Waals surface area (Å²) in [4.78, 5) is 2.54. The van der Waals surface area contributed by atoms with Crippen molar-refractivity contribution in [3.8, 4) is 0 Å². The van der Waals surface area contributed by atoms with E-state index in [1.807, 2.05) is 0 Å². The number of rotatable bonds is 5. The quantitative estimate of drug-likeness (QED) is 0.898. The maximum absolute atomic E-state index is 3.59. The topological polar surface area (TPSA) is 15.3 Å². The zero-order valence-electron chi connectivity index (χ0n) is 10.5. The van der Waals surface area contributed by atoms with Gasteiger partial charge in [-0.2, -0.15) is 0 Å². The molecular weight excluding hydrogens is 276 g/mol. The number of nitrogens with zero attached hydrogens (tertiary/aromatic N) is 1. The first-order valence-corrected chi connectivity index (χ1v) is 7.26. The van der Waals surface area contributed by atoms with Crippen LogP contribution in [0, 0.1) is 0 Å². The predicted molar refractivity (Wildman–Crippen MR) is 76.2 cm³/mol. The molecule has 1 aliphatic heterocycles. The molecule has 0 aromatic heterocycles. The summed E-state index contributed by atoms with van der Waals surface area (Å²) >= 11 is 3.46. The maximum Gasteiger partial charge on any atom is 0.0292 e. The monoisotopic (exact) mass is 296 g/mol. The number of hydrogen-bond acceptors (Lipinski definition) is 2. The standard InChI is InChI=1S/C14H21BrN2/c1-12(13-4-6-14(15)7-5-13)16-8-11-17-9-2-3-10-17/h4-7,12,16H,2-3,8-11H2,1H3/t12-/m1/s1. The molecule has 1 aromatic carbocycles. The van der Waals surface area contributed by atoms with Gasteiger partial charge in [0.15, 0.2) is 0 Å². The molecule has 1 aromatic rings. The lowest BCUT2D eigenvalue weighted by Gasteiger charge is -2.18. The molecule has 0 bridgehead atoms. The van der Waals surface area contributed by atoms with Crippen molar-refractivity contribution in [1.29, 1.82) is 0 Å². The van der Waals surface area contributed by atoms with E-state index in [4.69, 9.17) is 0 Å². The molecular formula is C14H21BrN2. The van der Waals surface area contributed by atoms with Gasteiger partial charge in [-0.05, 0) is 50.6 Å². The summed E-state index contributed by atoms with van der Waals surface area (Å²) in [5.74, 6) is 0. The Morgan fingerprint density at radius 2 is 1.88 bits per heavy atom. The molecule has 0 unspecified atom stereocenters. The fourth-order valence-electron chi connectivity index (χ4n) is 2.31. The van der Waals surface area contributed by atoms with Crippen LogP contribution in [0.4, 0.5) is 0 Å². The second-order valence-corrected chi connectivity index (χ2v) is 5.69. The van der Waals surface area contributed by atoms with Crippen molar-refractivity contribution in [1.82, 2.24) is 10.2 Å². The highest BCUT2D eigenvalue weighted by Gasteiger charge is 2.11. The molecule has 1 fully saturated rings. The van der Waals surface area contributed by atoms with Crippen molar-refractivity contribution >= 4 is 15.9 Å². The zero-order valence-corrected chi connectivity index (χ0v) is 12.0. The van der Waals surface area contributed by atoms with Crippen molar-refractivity contribution < 1.29 is 0 Å². The van der Waals surface area contributed by atoms with Gasteiger partial charge in [-0.1, -0.05) is 28.1 Å². The molecule has 2 rings (SSSR count). The van der Waals surface area contributed by atoms with E-state index >= 15 is 0 Å². The maximum atomic E-state index is 3.59. The van der Waals surface area contributed by atoms with Gasteiger partial charge in [0.1, 0.15) is 0 Å². The Bertz CT molecular complexity index is 331. The molecule has 1 heterocycles. The average molecular weight is 297 g/mol. The van der Waals surface area contributed by atoms with Crippen LogP contribution in [-0.2, 0) is 0 Å². The Kier molecular flexibility index (Phi) is 5.01. The molecule has 0 saturated carbocycles. The Labute approximate surface area is 113 Å². The molecule has 0 spiro atoms. The molecule has 0 radical (unpaired) electrons. The van der Waals surface area contributed by atoms with E-state index in [-0.39, 0.29) is 0 Å². The lowest BCUT2D eigenvalue weighted by atomic mass is 10.1. The third-order valence-electron chi connectivity index (χ3n) is 3.45. The molecule has 94 valence electrons. The van der Waals surface area contributed by atoms with Gasteiger partial charge in [-0.25, -0.2) is 0 Å². The van der Waals surface area contributed by atoms with Crippen LogP contribution in [-0.4, -0.2) is 31.1 Å². The smallest absolute Gasteiger partial charge is 0.0292 e.